The number of rotatable bonds is 6. The third kappa shape index (κ3) is 5.23. The number of Topliss-reactive ketones (excluding diaryl/α,β-unsaturated/α-hetero) is 1. The summed E-state index contributed by atoms with van der Waals surface area (Å²) in [6, 6.07) is 12.1. The Morgan fingerprint density at radius 2 is 1.40 bits per heavy atom. The zero-order valence-electron chi connectivity index (χ0n) is 18.7. The number of benzene rings is 2. The molecule has 1 saturated heterocycles. The average molecular weight is 517 g/mol. The Kier molecular flexibility index (Phi) is 7.23. The maximum atomic E-state index is 12.9. The number of hydrogen-bond donors (Lipinski definition) is 1. The molecular formula is C25H22Cl2N2O6. The van der Waals surface area contributed by atoms with E-state index in [1.165, 1.54) is 31.2 Å². The van der Waals surface area contributed by atoms with Crippen LogP contribution in [0.15, 0.2) is 48.5 Å². The van der Waals surface area contributed by atoms with E-state index in [4.69, 9.17) is 27.9 Å². The number of halogens is 2. The monoisotopic (exact) mass is 516 g/mol. The van der Waals surface area contributed by atoms with Crippen molar-refractivity contribution in [1.82, 2.24) is 0 Å². The maximum Gasteiger partial charge on any atom is 0.338 e. The van der Waals surface area contributed by atoms with Gasteiger partial charge in [0.05, 0.1) is 33.8 Å². The molecule has 0 spiro atoms. The van der Waals surface area contributed by atoms with Crippen molar-refractivity contribution in [3.63, 3.8) is 0 Å². The van der Waals surface area contributed by atoms with E-state index >= 15 is 0 Å². The third-order valence-electron chi connectivity index (χ3n) is 6.18. The van der Waals surface area contributed by atoms with Crippen LogP contribution in [0.1, 0.15) is 40.5 Å². The number of ketones is 1. The lowest BCUT2D eigenvalue weighted by molar-refractivity contribution is -0.122. The summed E-state index contributed by atoms with van der Waals surface area (Å²) in [5.74, 6) is -3.01. The van der Waals surface area contributed by atoms with E-state index < -0.39 is 30.3 Å². The number of nitrogens with one attached hydrogen (secondary N) is 1. The minimum absolute atomic E-state index is 0.0903. The third-order valence-corrected chi connectivity index (χ3v) is 7.28. The van der Waals surface area contributed by atoms with Gasteiger partial charge < -0.3 is 10.1 Å². The minimum Gasteiger partial charge on any atom is -0.452 e. The van der Waals surface area contributed by atoms with Crippen molar-refractivity contribution in [2.45, 2.75) is 30.5 Å². The van der Waals surface area contributed by atoms with Gasteiger partial charge in [-0.25, -0.2) is 4.79 Å². The van der Waals surface area contributed by atoms with Crippen LogP contribution in [0.4, 0.5) is 11.4 Å². The smallest absolute Gasteiger partial charge is 0.338 e. The van der Waals surface area contributed by atoms with Crippen LogP contribution in [0.5, 0.6) is 0 Å². The van der Waals surface area contributed by atoms with Crippen molar-refractivity contribution in [2.24, 2.45) is 11.8 Å². The van der Waals surface area contributed by atoms with Crippen molar-refractivity contribution in [1.29, 1.82) is 0 Å². The molecule has 2 aromatic rings. The molecule has 2 aliphatic rings. The van der Waals surface area contributed by atoms with E-state index in [1.807, 2.05) is 0 Å². The van der Waals surface area contributed by atoms with Gasteiger partial charge in [0.1, 0.15) is 0 Å². The fraction of sp³-hybridized carbons (Fsp3) is 0.320. The van der Waals surface area contributed by atoms with Gasteiger partial charge in [-0.1, -0.05) is 0 Å². The number of hydrogen-bond acceptors (Lipinski definition) is 6. The van der Waals surface area contributed by atoms with Crippen molar-refractivity contribution in [3.8, 4) is 0 Å². The van der Waals surface area contributed by atoms with E-state index in [9.17, 15) is 24.0 Å². The molecule has 2 aromatic carbocycles. The zero-order chi connectivity index (χ0) is 25.3. The van der Waals surface area contributed by atoms with Crippen LogP contribution < -0.4 is 10.2 Å². The lowest BCUT2D eigenvalue weighted by atomic mass is 9.80. The minimum atomic E-state index is -0.735. The fourth-order valence-corrected chi connectivity index (χ4v) is 4.89. The SMILES string of the molecule is CC(=O)c1ccc(NC(=O)COC(=O)c2ccc(N3C(=O)[C@H]4C[C@@H](Cl)[C@@H](Cl)C[C@H]4C3=O)cc2)cc1. The fourth-order valence-electron chi connectivity index (χ4n) is 4.30. The number of nitrogens with zero attached hydrogens (tertiary/aromatic N) is 1. The molecule has 4 rings (SSSR count). The molecule has 2 fully saturated rings. The standard InChI is InChI=1S/C25H22Cl2N2O6/c1-13(30)14-2-6-16(7-3-14)28-22(31)12-35-25(34)15-4-8-17(9-5-15)29-23(32)18-10-20(26)21(27)11-19(18)24(29)33/h2-9,18-21H,10-12H2,1H3,(H,28,31)/t18-,19+,20+,21-. The maximum absolute atomic E-state index is 12.9. The second kappa shape index (κ2) is 10.2. The van der Waals surface area contributed by atoms with E-state index in [2.05, 4.69) is 5.32 Å². The average Bonchev–Trinajstić information content (AvgIpc) is 3.07. The van der Waals surface area contributed by atoms with E-state index in [-0.39, 0.29) is 33.9 Å². The quantitative estimate of drug-likeness (QED) is 0.270. The summed E-state index contributed by atoms with van der Waals surface area (Å²) < 4.78 is 5.05. The molecule has 0 unspecified atom stereocenters. The number of fused-ring (bicyclic) bond motifs is 1. The predicted molar refractivity (Wildman–Crippen MR) is 130 cm³/mol. The number of anilines is 2. The van der Waals surface area contributed by atoms with Crippen molar-refractivity contribution >= 4 is 64.1 Å². The number of carbonyl (C=O) groups excluding carboxylic acids is 5. The van der Waals surface area contributed by atoms with Gasteiger partial charge in [0, 0.05) is 11.3 Å². The summed E-state index contributed by atoms with van der Waals surface area (Å²) in [5.41, 5.74) is 1.47. The summed E-state index contributed by atoms with van der Waals surface area (Å²) in [7, 11) is 0. The second-order valence-corrected chi connectivity index (χ2v) is 9.65. The number of carbonyl (C=O) groups is 5. The predicted octanol–water partition coefficient (Wildman–Crippen LogP) is 3.80. The Morgan fingerprint density at radius 3 is 1.91 bits per heavy atom. The van der Waals surface area contributed by atoms with E-state index in [1.54, 1.807) is 24.3 Å². The summed E-state index contributed by atoms with van der Waals surface area (Å²) in [6.45, 7) is 0.929. The highest BCUT2D eigenvalue weighted by atomic mass is 35.5. The highest BCUT2D eigenvalue weighted by Gasteiger charge is 2.52. The Labute approximate surface area is 211 Å². The Hall–Kier alpha value is -3.23. The molecule has 0 aromatic heterocycles. The van der Waals surface area contributed by atoms with Gasteiger partial charge >= 0.3 is 5.97 Å². The number of alkyl halides is 2. The van der Waals surface area contributed by atoms with Gasteiger partial charge in [-0.15, -0.1) is 23.2 Å². The van der Waals surface area contributed by atoms with Crippen LogP contribution in [0.25, 0.3) is 0 Å². The molecule has 4 atom stereocenters. The largest absolute Gasteiger partial charge is 0.452 e. The number of esters is 1. The molecule has 1 N–H and O–H groups in total. The first-order chi connectivity index (χ1) is 16.7. The lowest BCUT2D eigenvalue weighted by Crippen LogP contribution is -2.34. The van der Waals surface area contributed by atoms with E-state index in [0.717, 1.165) is 4.90 Å². The molecule has 0 radical (unpaired) electrons. The molecule has 182 valence electrons. The molecule has 1 aliphatic carbocycles. The molecular weight excluding hydrogens is 495 g/mol. The molecule has 1 heterocycles. The first-order valence-corrected chi connectivity index (χ1v) is 11.9. The summed E-state index contributed by atoms with van der Waals surface area (Å²) in [6.07, 6.45) is 0.684. The van der Waals surface area contributed by atoms with Gasteiger partial charge in [-0.3, -0.25) is 24.1 Å². The van der Waals surface area contributed by atoms with Crippen molar-refractivity contribution in [3.05, 3.63) is 59.7 Å². The summed E-state index contributed by atoms with van der Waals surface area (Å²) >= 11 is 12.4. The molecule has 35 heavy (non-hydrogen) atoms. The molecule has 8 nitrogen and oxygen atoms in total. The molecule has 1 saturated carbocycles. The van der Waals surface area contributed by atoms with Gasteiger partial charge in [-0.2, -0.15) is 0 Å². The Morgan fingerprint density at radius 1 is 0.886 bits per heavy atom. The first kappa shape index (κ1) is 24.9. The van der Waals surface area contributed by atoms with Crippen molar-refractivity contribution < 1.29 is 28.7 Å². The Balaban J connectivity index is 1.34. The normalized spacial score (nSPS) is 23.6. The topological polar surface area (TPSA) is 110 Å². The summed E-state index contributed by atoms with van der Waals surface area (Å²) in [4.78, 5) is 62.6. The van der Waals surface area contributed by atoms with Crippen LogP contribution in [0, 0.1) is 11.8 Å². The molecule has 3 amide bonds. The van der Waals surface area contributed by atoms with Gasteiger partial charge in [0.2, 0.25) is 11.8 Å². The lowest BCUT2D eigenvalue weighted by Gasteiger charge is -2.28. The zero-order valence-corrected chi connectivity index (χ0v) is 20.2. The van der Waals surface area contributed by atoms with Crippen LogP contribution in [0.3, 0.4) is 0 Å². The van der Waals surface area contributed by atoms with Gasteiger partial charge in [-0.05, 0) is 68.3 Å². The second-order valence-electron chi connectivity index (χ2n) is 8.53. The van der Waals surface area contributed by atoms with Gasteiger partial charge in [0.15, 0.2) is 12.4 Å². The first-order valence-electron chi connectivity index (χ1n) is 11.0. The molecule has 1 aliphatic heterocycles. The molecule has 0 bridgehead atoms. The van der Waals surface area contributed by atoms with Crippen LogP contribution in [-0.4, -0.2) is 46.8 Å². The number of imide groups is 1. The van der Waals surface area contributed by atoms with Crippen LogP contribution in [-0.2, 0) is 19.1 Å². The highest BCUT2D eigenvalue weighted by molar-refractivity contribution is 6.31. The highest BCUT2D eigenvalue weighted by Crippen LogP contribution is 2.43. The summed E-state index contributed by atoms with van der Waals surface area (Å²) in [5, 5.41) is 1.83. The number of amides is 3. The number of ether oxygens (including phenoxy) is 1. The molecule has 10 heteroatoms. The van der Waals surface area contributed by atoms with Crippen molar-refractivity contribution in [2.75, 3.05) is 16.8 Å². The Bertz CT molecular complexity index is 1150. The van der Waals surface area contributed by atoms with Crippen LogP contribution >= 0.6 is 23.2 Å². The van der Waals surface area contributed by atoms with Crippen LogP contribution in [0.2, 0.25) is 0 Å². The van der Waals surface area contributed by atoms with Gasteiger partial charge in [0.25, 0.3) is 5.91 Å². The van der Waals surface area contributed by atoms with E-state index in [0.29, 0.717) is 29.8 Å².